The van der Waals surface area contributed by atoms with Gasteiger partial charge in [0, 0.05) is 47.8 Å². The molecule has 1 aliphatic heterocycles. The topological polar surface area (TPSA) is 47.4 Å². The average Bonchev–Trinajstić information content (AvgIpc) is 3.17. The van der Waals surface area contributed by atoms with Gasteiger partial charge >= 0.3 is 0 Å². The average molecular weight is 341 g/mol. The van der Waals surface area contributed by atoms with Gasteiger partial charge in [0.25, 0.3) is 5.91 Å². The van der Waals surface area contributed by atoms with E-state index in [1.165, 1.54) is 0 Å². The third kappa shape index (κ3) is 2.72. The maximum Gasteiger partial charge on any atom is 0.255 e. The van der Waals surface area contributed by atoms with Gasteiger partial charge in [-0.05, 0) is 6.07 Å². The molecule has 0 fully saturated rings. The van der Waals surface area contributed by atoms with Gasteiger partial charge in [-0.3, -0.25) is 4.79 Å². The van der Waals surface area contributed by atoms with Crippen molar-refractivity contribution in [3.05, 3.63) is 53.4 Å². The highest BCUT2D eigenvalue weighted by molar-refractivity contribution is 7.17. The first-order valence-electron chi connectivity index (χ1n) is 7.99. The van der Waals surface area contributed by atoms with E-state index in [9.17, 15) is 4.79 Å². The standard InChI is InChI=1S/C18H19N3O2S/c1-23-10-13-7-20(9-14-6-19-12-21(14)8-13)18(22)16-11-24-17-5-3-2-4-15(16)17/h2-6,11-13H,7-10H2,1H3. The van der Waals surface area contributed by atoms with Crippen molar-refractivity contribution in [1.82, 2.24) is 14.5 Å². The fourth-order valence-corrected chi connectivity index (χ4v) is 4.30. The van der Waals surface area contributed by atoms with Gasteiger partial charge < -0.3 is 14.2 Å². The zero-order chi connectivity index (χ0) is 16.5. The van der Waals surface area contributed by atoms with E-state index in [4.69, 9.17) is 4.74 Å². The maximum atomic E-state index is 13.2. The van der Waals surface area contributed by atoms with E-state index < -0.39 is 0 Å². The highest BCUT2D eigenvalue weighted by Gasteiger charge is 2.27. The van der Waals surface area contributed by atoms with Crippen LogP contribution in [0.4, 0.5) is 0 Å². The Hall–Kier alpha value is -2.18. The molecule has 5 nitrogen and oxygen atoms in total. The van der Waals surface area contributed by atoms with Crippen LogP contribution in [0.5, 0.6) is 0 Å². The summed E-state index contributed by atoms with van der Waals surface area (Å²) in [7, 11) is 1.71. The number of rotatable bonds is 3. The highest BCUT2D eigenvalue weighted by atomic mass is 32.1. The van der Waals surface area contributed by atoms with Crippen molar-refractivity contribution in [2.24, 2.45) is 5.92 Å². The molecule has 1 aromatic carbocycles. The fraction of sp³-hybridized carbons (Fsp3) is 0.333. The molecule has 1 aliphatic rings. The van der Waals surface area contributed by atoms with Crippen LogP contribution in [0.15, 0.2) is 42.2 Å². The molecule has 1 amide bonds. The third-order valence-corrected chi connectivity index (χ3v) is 5.45. The molecule has 2 aromatic heterocycles. The molecule has 124 valence electrons. The van der Waals surface area contributed by atoms with Crippen molar-refractivity contribution in [1.29, 1.82) is 0 Å². The molecule has 24 heavy (non-hydrogen) atoms. The molecule has 1 unspecified atom stereocenters. The number of hydrogen-bond donors (Lipinski definition) is 0. The number of benzene rings is 1. The summed E-state index contributed by atoms with van der Waals surface area (Å²) in [5, 5.41) is 3.01. The molecular weight excluding hydrogens is 322 g/mol. The summed E-state index contributed by atoms with van der Waals surface area (Å²) in [6.45, 7) is 2.74. The molecule has 0 aliphatic carbocycles. The number of nitrogens with zero attached hydrogens (tertiary/aromatic N) is 3. The zero-order valence-corrected chi connectivity index (χ0v) is 14.3. The third-order valence-electron chi connectivity index (χ3n) is 4.49. The smallest absolute Gasteiger partial charge is 0.255 e. The minimum absolute atomic E-state index is 0.0863. The van der Waals surface area contributed by atoms with Gasteiger partial charge in [0.1, 0.15) is 0 Å². The predicted octanol–water partition coefficient (Wildman–Crippen LogP) is 3.02. The summed E-state index contributed by atoms with van der Waals surface area (Å²) >= 11 is 1.62. The molecule has 0 saturated heterocycles. The Morgan fingerprint density at radius 2 is 2.25 bits per heavy atom. The molecule has 1 atom stereocenters. The Labute approximate surface area is 144 Å². The number of hydrogen-bond acceptors (Lipinski definition) is 4. The lowest BCUT2D eigenvalue weighted by atomic mass is 10.1. The van der Waals surface area contributed by atoms with Gasteiger partial charge in [-0.2, -0.15) is 0 Å². The van der Waals surface area contributed by atoms with Crippen molar-refractivity contribution in [2.45, 2.75) is 13.1 Å². The van der Waals surface area contributed by atoms with Gasteiger partial charge in [0.05, 0.1) is 30.7 Å². The van der Waals surface area contributed by atoms with Crippen molar-refractivity contribution in [3.8, 4) is 0 Å². The number of carbonyl (C=O) groups excluding carboxylic acids is 1. The van der Waals surface area contributed by atoms with Crippen LogP contribution in [-0.2, 0) is 17.8 Å². The summed E-state index contributed by atoms with van der Waals surface area (Å²) < 4.78 is 8.62. The molecule has 0 spiro atoms. The maximum absolute atomic E-state index is 13.2. The SMILES string of the molecule is COCC1CN(C(=O)c2csc3ccccc23)Cc2cncn2C1. The molecule has 3 aromatic rings. The summed E-state index contributed by atoms with van der Waals surface area (Å²) in [6, 6.07) is 8.07. The molecule has 3 heterocycles. The Morgan fingerprint density at radius 1 is 1.38 bits per heavy atom. The van der Waals surface area contributed by atoms with Crippen LogP contribution in [0.1, 0.15) is 16.1 Å². The second kappa shape index (κ2) is 6.37. The Morgan fingerprint density at radius 3 is 3.12 bits per heavy atom. The number of ether oxygens (including phenoxy) is 1. The number of methoxy groups -OCH3 is 1. The summed E-state index contributed by atoms with van der Waals surface area (Å²) in [5.41, 5.74) is 1.86. The van der Waals surface area contributed by atoms with Crippen molar-refractivity contribution in [3.63, 3.8) is 0 Å². The predicted molar refractivity (Wildman–Crippen MR) is 94.2 cm³/mol. The Balaban J connectivity index is 1.67. The van der Waals surface area contributed by atoms with Crippen LogP contribution >= 0.6 is 11.3 Å². The van der Waals surface area contributed by atoms with Crippen LogP contribution < -0.4 is 0 Å². The van der Waals surface area contributed by atoms with Crippen LogP contribution in [0.2, 0.25) is 0 Å². The first-order valence-corrected chi connectivity index (χ1v) is 8.87. The zero-order valence-electron chi connectivity index (χ0n) is 13.5. The molecular formula is C18H19N3O2S. The number of aromatic nitrogens is 2. The molecule has 0 bridgehead atoms. The molecule has 4 rings (SSSR count). The number of imidazole rings is 1. The lowest BCUT2D eigenvalue weighted by molar-refractivity contribution is 0.0669. The first kappa shape index (κ1) is 15.4. The largest absolute Gasteiger partial charge is 0.384 e. The number of thiophene rings is 1. The van der Waals surface area contributed by atoms with E-state index >= 15 is 0 Å². The Bertz CT molecular complexity index is 870. The molecule has 6 heteroatoms. The monoisotopic (exact) mass is 341 g/mol. The van der Waals surface area contributed by atoms with Crippen molar-refractivity contribution < 1.29 is 9.53 Å². The van der Waals surface area contributed by atoms with Gasteiger partial charge in [-0.25, -0.2) is 4.98 Å². The van der Waals surface area contributed by atoms with Crippen LogP contribution in [0, 0.1) is 5.92 Å². The lowest BCUT2D eigenvalue weighted by Crippen LogP contribution is -2.35. The number of carbonyl (C=O) groups is 1. The molecule has 0 radical (unpaired) electrons. The second-order valence-corrected chi connectivity index (χ2v) is 7.10. The van der Waals surface area contributed by atoms with E-state index in [0.717, 1.165) is 27.9 Å². The van der Waals surface area contributed by atoms with Gasteiger partial charge in [-0.15, -0.1) is 11.3 Å². The van der Waals surface area contributed by atoms with Crippen LogP contribution in [0.3, 0.4) is 0 Å². The van der Waals surface area contributed by atoms with E-state index in [0.29, 0.717) is 19.7 Å². The summed E-state index contributed by atoms with van der Waals surface area (Å²) in [5.74, 6) is 0.350. The van der Waals surface area contributed by atoms with E-state index in [2.05, 4.69) is 15.6 Å². The van der Waals surface area contributed by atoms with E-state index in [1.807, 2.05) is 41.0 Å². The minimum Gasteiger partial charge on any atom is -0.384 e. The highest BCUT2D eigenvalue weighted by Crippen LogP contribution is 2.28. The van der Waals surface area contributed by atoms with Gasteiger partial charge in [0.2, 0.25) is 0 Å². The normalized spacial score (nSPS) is 17.7. The minimum atomic E-state index is 0.0863. The summed E-state index contributed by atoms with van der Waals surface area (Å²) in [4.78, 5) is 19.3. The van der Waals surface area contributed by atoms with Gasteiger partial charge in [0.15, 0.2) is 0 Å². The first-order chi connectivity index (χ1) is 11.8. The second-order valence-electron chi connectivity index (χ2n) is 6.19. The molecule has 0 saturated carbocycles. The van der Waals surface area contributed by atoms with Crippen LogP contribution in [-0.4, -0.2) is 40.6 Å². The van der Waals surface area contributed by atoms with Crippen molar-refractivity contribution >= 4 is 27.3 Å². The van der Waals surface area contributed by atoms with E-state index in [1.54, 1.807) is 18.4 Å². The molecule has 0 N–H and O–H groups in total. The van der Waals surface area contributed by atoms with Crippen molar-refractivity contribution in [2.75, 3.05) is 20.3 Å². The summed E-state index contributed by atoms with van der Waals surface area (Å²) in [6.07, 6.45) is 3.69. The number of amides is 1. The lowest BCUT2D eigenvalue weighted by Gasteiger charge is -2.23. The van der Waals surface area contributed by atoms with Gasteiger partial charge in [-0.1, -0.05) is 18.2 Å². The Kier molecular flexibility index (Phi) is 4.08. The number of fused-ring (bicyclic) bond motifs is 2. The quantitative estimate of drug-likeness (QED) is 0.736. The van der Waals surface area contributed by atoms with Crippen LogP contribution in [0.25, 0.3) is 10.1 Å². The fourth-order valence-electron chi connectivity index (χ4n) is 3.36. The van der Waals surface area contributed by atoms with E-state index in [-0.39, 0.29) is 11.8 Å².